The maximum absolute atomic E-state index is 13.5. The van der Waals surface area contributed by atoms with E-state index in [0.29, 0.717) is 0 Å². The fourth-order valence-electron chi connectivity index (χ4n) is 2.25. The summed E-state index contributed by atoms with van der Waals surface area (Å²) in [6.07, 6.45) is 0. The van der Waals surface area contributed by atoms with Gasteiger partial charge < -0.3 is 5.32 Å². The minimum Gasteiger partial charge on any atom is -0.307 e. The van der Waals surface area contributed by atoms with Gasteiger partial charge in [-0.15, -0.1) is 0 Å². The molecule has 2 rings (SSSR count). The fourth-order valence-corrected chi connectivity index (χ4v) is 2.25. The van der Waals surface area contributed by atoms with Gasteiger partial charge in [0, 0.05) is 0 Å². The van der Waals surface area contributed by atoms with Crippen molar-refractivity contribution in [3.63, 3.8) is 0 Å². The zero-order valence-corrected chi connectivity index (χ0v) is 11.1. The Morgan fingerprint density at radius 3 is 2.37 bits per heavy atom. The summed E-state index contributed by atoms with van der Waals surface area (Å²) in [5.41, 5.74) is 2.46. The highest BCUT2D eigenvalue weighted by Crippen LogP contribution is 2.24. The van der Waals surface area contributed by atoms with Crippen LogP contribution >= 0.6 is 0 Å². The van der Waals surface area contributed by atoms with Crippen LogP contribution in [0.4, 0.5) is 8.78 Å². The molecule has 0 fully saturated rings. The Balaban J connectivity index is 2.44. The van der Waals surface area contributed by atoms with E-state index in [9.17, 15) is 8.78 Å². The monoisotopic (exact) mass is 261 g/mol. The summed E-state index contributed by atoms with van der Waals surface area (Å²) in [5, 5.41) is 3.26. The van der Waals surface area contributed by atoms with Crippen LogP contribution in [-0.4, -0.2) is 6.54 Å². The zero-order chi connectivity index (χ0) is 13.8. The molecule has 1 unspecified atom stereocenters. The van der Waals surface area contributed by atoms with Crippen LogP contribution in [0, 0.1) is 18.6 Å². The van der Waals surface area contributed by atoms with Crippen molar-refractivity contribution in [3.8, 4) is 0 Å². The van der Waals surface area contributed by atoms with Crippen LogP contribution in [0.25, 0.3) is 0 Å². The van der Waals surface area contributed by atoms with E-state index < -0.39 is 0 Å². The first-order chi connectivity index (χ1) is 9.10. The molecule has 0 aliphatic rings. The molecule has 0 heterocycles. The van der Waals surface area contributed by atoms with Crippen LogP contribution in [0.3, 0.4) is 0 Å². The maximum atomic E-state index is 13.5. The highest BCUT2D eigenvalue weighted by atomic mass is 19.1. The van der Waals surface area contributed by atoms with E-state index in [1.807, 2.05) is 26.0 Å². The van der Waals surface area contributed by atoms with E-state index in [0.717, 1.165) is 23.2 Å². The van der Waals surface area contributed by atoms with Gasteiger partial charge in [-0.2, -0.15) is 0 Å². The number of hydrogen-bond donors (Lipinski definition) is 1. The van der Waals surface area contributed by atoms with Crippen molar-refractivity contribution in [2.75, 3.05) is 6.54 Å². The lowest BCUT2D eigenvalue weighted by atomic mass is 9.97. The van der Waals surface area contributed by atoms with E-state index in [1.165, 1.54) is 24.3 Å². The lowest BCUT2D eigenvalue weighted by Gasteiger charge is -2.19. The number of benzene rings is 2. The molecule has 0 bridgehead atoms. The first kappa shape index (κ1) is 13.7. The third-order valence-electron chi connectivity index (χ3n) is 2.99. The predicted molar refractivity (Wildman–Crippen MR) is 73.1 cm³/mol. The highest BCUT2D eigenvalue weighted by Gasteiger charge is 2.14. The van der Waals surface area contributed by atoms with Crippen molar-refractivity contribution in [2.45, 2.75) is 19.9 Å². The van der Waals surface area contributed by atoms with Gasteiger partial charge in [-0.1, -0.05) is 25.1 Å². The smallest absolute Gasteiger partial charge is 0.123 e. The molecule has 2 aromatic rings. The zero-order valence-electron chi connectivity index (χ0n) is 11.1. The molecule has 0 aliphatic heterocycles. The summed E-state index contributed by atoms with van der Waals surface area (Å²) < 4.78 is 26.9. The van der Waals surface area contributed by atoms with Gasteiger partial charge >= 0.3 is 0 Å². The Labute approximate surface area is 112 Å². The minimum atomic E-state index is -0.284. The molecule has 3 heteroatoms. The number of halogens is 2. The van der Waals surface area contributed by atoms with Crippen LogP contribution < -0.4 is 5.32 Å². The van der Waals surface area contributed by atoms with E-state index in [1.54, 1.807) is 6.07 Å². The number of aryl methyl sites for hydroxylation is 1. The Morgan fingerprint density at radius 2 is 1.74 bits per heavy atom. The Morgan fingerprint density at radius 1 is 1.00 bits per heavy atom. The van der Waals surface area contributed by atoms with Gasteiger partial charge in [0.25, 0.3) is 0 Å². The first-order valence-electron chi connectivity index (χ1n) is 6.36. The van der Waals surface area contributed by atoms with Gasteiger partial charge in [-0.3, -0.25) is 0 Å². The second-order valence-corrected chi connectivity index (χ2v) is 4.61. The fraction of sp³-hybridized carbons (Fsp3) is 0.250. The highest BCUT2D eigenvalue weighted by molar-refractivity contribution is 5.34. The van der Waals surface area contributed by atoms with Crippen molar-refractivity contribution >= 4 is 0 Å². The summed E-state index contributed by atoms with van der Waals surface area (Å²) in [6.45, 7) is 4.54. The van der Waals surface area contributed by atoms with Crippen molar-refractivity contribution in [3.05, 3.63) is 70.8 Å². The van der Waals surface area contributed by atoms with Crippen LogP contribution in [-0.2, 0) is 0 Å². The molecule has 2 aromatic carbocycles. The second-order valence-electron chi connectivity index (χ2n) is 4.61. The molecule has 100 valence electrons. The third-order valence-corrected chi connectivity index (χ3v) is 2.99. The van der Waals surface area contributed by atoms with E-state index in [-0.39, 0.29) is 17.7 Å². The molecule has 0 spiro atoms. The number of hydrogen-bond acceptors (Lipinski definition) is 1. The average Bonchev–Trinajstić information content (AvgIpc) is 2.34. The van der Waals surface area contributed by atoms with Crippen LogP contribution in [0.2, 0.25) is 0 Å². The molecule has 0 radical (unpaired) electrons. The third kappa shape index (κ3) is 3.38. The molecule has 1 atom stereocenters. The molecule has 0 saturated carbocycles. The first-order valence-corrected chi connectivity index (χ1v) is 6.36. The maximum Gasteiger partial charge on any atom is 0.123 e. The van der Waals surface area contributed by atoms with Gasteiger partial charge in [0.05, 0.1) is 6.04 Å². The lowest BCUT2D eigenvalue weighted by Crippen LogP contribution is -2.22. The molecular formula is C16H17F2N. The Kier molecular flexibility index (Phi) is 4.27. The van der Waals surface area contributed by atoms with E-state index in [4.69, 9.17) is 0 Å². The lowest BCUT2D eigenvalue weighted by molar-refractivity contribution is 0.592. The van der Waals surface area contributed by atoms with Gasteiger partial charge in [-0.05, 0) is 54.4 Å². The molecular weight excluding hydrogens is 244 g/mol. The molecule has 0 aliphatic carbocycles. The molecule has 19 heavy (non-hydrogen) atoms. The molecule has 0 saturated heterocycles. The predicted octanol–water partition coefficient (Wildman–Crippen LogP) is 3.97. The van der Waals surface area contributed by atoms with Gasteiger partial charge in [0.15, 0.2) is 0 Å². The summed E-state index contributed by atoms with van der Waals surface area (Å²) >= 11 is 0. The van der Waals surface area contributed by atoms with E-state index >= 15 is 0 Å². The largest absolute Gasteiger partial charge is 0.307 e. The Hall–Kier alpha value is -1.74. The minimum absolute atomic E-state index is 0.199. The normalized spacial score (nSPS) is 12.4. The topological polar surface area (TPSA) is 12.0 Å². The molecule has 1 nitrogen and oxygen atoms in total. The van der Waals surface area contributed by atoms with Crippen LogP contribution in [0.5, 0.6) is 0 Å². The van der Waals surface area contributed by atoms with Gasteiger partial charge in [0.1, 0.15) is 11.6 Å². The van der Waals surface area contributed by atoms with Gasteiger partial charge in [-0.25, -0.2) is 8.78 Å². The molecule has 0 amide bonds. The summed E-state index contributed by atoms with van der Waals surface area (Å²) in [5.74, 6) is -0.553. The SMILES string of the molecule is CCNC(c1cccc(F)c1)c1cc(C)cc(F)c1. The van der Waals surface area contributed by atoms with Gasteiger partial charge in [0.2, 0.25) is 0 Å². The quantitative estimate of drug-likeness (QED) is 0.878. The van der Waals surface area contributed by atoms with Crippen molar-refractivity contribution in [2.24, 2.45) is 0 Å². The van der Waals surface area contributed by atoms with E-state index in [2.05, 4.69) is 5.32 Å². The summed E-state index contributed by atoms with van der Waals surface area (Å²) in [6, 6.07) is 11.1. The number of rotatable bonds is 4. The van der Waals surface area contributed by atoms with Crippen molar-refractivity contribution in [1.82, 2.24) is 5.32 Å². The second kappa shape index (κ2) is 5.93. The molecule has 0 aromatic heterocycles. The Bertz CT molecular complexity index is 546. The van der Waals surface area contributed by atoms with Crippen molar-refractivity contribution in [1.29, 1.82) is 0 Å². The standard InChI is InChI=1S/C16H17F2N/c1-3-19-16(12-5-4-6-14(17)9-12)13-7-11(2)8-15(18)10-13/h4-10,16,19H,3H2,1-2H3. The molecule has 1 N–H and O–H groups in total. The van der Waals surface area contributed by atoms with Crippen molar-refractivity contribution < 1.29 is 8.78 Å². The van der Waals surface area contributed by atoms with Crippen LogP contribution in [0.15, 0.2) is 42.5 Å². The number of nitrogens with one attached hydrogen (secondary N) is 1. The summed E-state index contributed by atoms with van der Waals surface area (Å²) in [4.78, 5) is 0. The van der Waals surface area contributed by atoms with Crippen LogP contribution in [0.1, 0.15) is 29.7 Å². The average molecular weight is 261 g/mol. The summed E-state index contributed by atoms with van der Waals surface area (Å²) in [7, 11) is 0.